The molecule has 38 heavy (non-hydrogen) atoms. The molecule has 6 rings (SSSR count). The number of allylic oxidation sites excluding steroid dienone is 4. The maximum absolute atomic E-state index is 2.66. The van der Waals surface area contributed by atoms with E-state index in [0.29, 0.717) is 3.63 Å². The molecule has 0 atom stereocenters. The summed E-state index contributed by atoms with van der Waals surface area (Å²) in [5, 5.41) is 1.63. The summed E-state index contributed by atoms with van der Waals surface area (Å²) < 4.78 is 3.86. The predicted molar refractivity (Wildman–Crippen MR) is 154 cm³/mol. The van der Waals surface area contributed by atoms with Crippen LogP contribution in [-0.4, -0.2) is 11.3 Å². The molecule has 0 saturated heterocycles. The smallest absolute Gasteiger partial charge is 1.00 e. The third-order valence-corrected chi connectivity index (χ3v) is 17.9. The number of halogens is 2. The van der Waals surface area contributed by atoms with Gasteiger partial charge in [-0.2, -0.15) is 0 Å². The molecule has 0 aromatic heterocycles. The molecule has 0 bridgehead atoms. The van der Waals surface area contributed by atoms with Crippen LogP contribution in [0.2, 0.25) is 19.6 Å². The molecule has 190 valence electrons. The molecular weight excluding hydrogens is 599 g/mol. The molecule has 0 spiro atoms. The quantitative estimate of drug-likeness (QED) is 0.298. The molecular formula is C34H32Cl2SiZr. The molecule has 0 heterocycles. The number of benzene rings is 4. The second-order valence-corrected chi connectivity index (χ2v) is 22.2. The van der Waals surface area contributed by atoms with Crippen LogP contribution >= 0.6 is 0 Å². The fourth-order valence-electron chi connectivity index (χ4n) is 5.88. The number of fused-ring (bicyclic) bond motifs is 3. The van der Waals surface area contributed by atoms with Crippen LogP contribution in [0, 0.1) is 0 Å². The van der Waals surface area contributed by atoms with Crippen molar-refractivity contribution in [2.24, 2.45) is 0 Å². The van der Waals surface area contributed by atoms with Gasteiger partial charge < -0.3 is 24.8 Å². The van der Waals surface area contributed by atoms with E-state index in [9.17, 15) is 0 Å². The molecule has 0 aliphatic heterocycles. The van der Waals surface area contributed by atoms with Crippen LogP contribution in [-0.2, 0) is 21.3 Å². The topological polar surface area (TPSA) is 0 Å². The average Bonchev–Trinajstić information content (AvgIpc) is 3.52. The summed E-state index contributed by atoms with van der Waals surface area (Å²) in [7, 11) is -1.38. The maximum Gasteiger partial charge on any atom is -1.00 e. The van der Waals surface area contributed by atoms with E-state index in [1.165, 1.54) is 22.3 Å². The fraction of sp³-hybridized carbons (Fsp3) is 0.147. The van der Waals surface area contributed by atoms with Gasteiger partial charge in [0.25, 0.3) is 0 Å². The molecule has 0 radical (unpaired) electrons. The molecule has 0 N–H and O–H groups in total. The molecule has 0 amide bonds. The summed E-state index contributed by atoms with van der Waals surface area (Å²) >= 11 is -2.57. The Bertz CT molecular complexity index is 1440. The first-order valence-electron chi connectivity index (χ1n) is 13.0. The van der Waals surface area contributed by atoms with Crippen LogP contribution < -0.4 is 24.8 Å². The Balaban J connectivity index is 0.00000168. The minimum absolute atomic E-state index is 0. The Hall–Kier alpha value is -2.09. The molecule has 0 nitrogen and oxygen atoms in total. The van der Waals surface area contributed by atoms with E-state index >= 15 is 0 Å². The normalized spacial score (nSPS) is 13.6. The molecule has 4 heteroatoms. The largest absolute Gasteiger partial charge is 1.00 e. The number of hydrogen-bond acceptors (Lipinski definition) is 0. The van der Waals surface area contributed by atoms with Gasteiger partial charge in [0.2, 0.25) is 0 Å². The van der Waals surface area contributed by atoms with Crippen molar-refractivity contribution >= 4 is 11.3 Å². The first kappa shape index (κ1) is 28.9. The number of hydrogen-bond donors (Lipinski definition) is 0. The third-order valence-electron chi connectivity index (χ3n) is 7.60. The van der Waals surface area contributed by atoms with E-state index in [0.717, 1.165) is 6.42 Å². The molecule has 2 aliphatic carbocycles. The van der Waals surface area contributed by atoms with Crippen molar-refractivity contribution in [3.63, 3.8) is 0 Å². The Kier molecular flexibility index (Phi) is 9.11. The van der Waals surface area contributed by atoms with E-state index in [1.54, 1.807) is 22.8 Å². The van der Waals surface area contributed by atoms with E-state index in [2.05, 4.69) is 141 Å². The fourth-order valence-corrected chi connectivity index (χ4v) is 16.6. The van der Waals surface area contributed by atoms with Gasteiger partial charge in [0.15, 0.2) is 0 Å². The zero-order chi connectivity index (χ0) is 24.7. The van der Waals surface area contributed by atoms with Gasteiger partial charge in [0.05, 0.1) is 0 Å². The van der Waals surface area contributed by atoms with Gasteiger partial charge >= 0.3 is 225 Å². The van der Waals surface area contributed by atoms with Gasteiger partial charge in [-0.25, -0.2) is 0 Å². The third kappa shape index (κ3) is 5.34. The predicted octanol–water partition coefficient (Wildman–Crippen LogP) is 2.74. The zero-order valence-corrected chi connectivity index (χ0v) is 27.1. The summed E-state index contributed by atoms with van der Waals surface area (Å²) in [5.74, 6) is 0. The van der Waals surface area contributed by atoms with Crippen molar-refractivity contribution in [1.82, 2.24) is 0 Å². The van der Waals surface area contributed by atoms with Crippen LogP contribution in [0.3, 0.4) is 0 Å². The van der Waals surface area contributed by atoms with Gasteiger partial charge in [0.1, 0.15) is 0 Å². The van der Waals surface area contributed by atoms with Gasteiger partial charge in [-0.15, -0.1) is 0 Å². The van der Waals surface area contributed by atoms with Crippen molar-refractivity contribution in [2.75, 3.05) is 0 Å². The van der Waals surface area contributed by atoms with Crippen LogP contribution in [0.5, 0.6) is 0 Å². The summed E-state index contributed by atoms with van der Waals surface area (Å²) in [6.07, 6.45) is 6.36. The van der Waals surface area contributed by atoms with Gasteiger partial charge in [-0.05, 0) is 0 Å². The van der Waals surface area contributed by atoms with Crippen molar-refractivity contribution in [3.05, 3.63) is 152 Å². The monoisotopic (exact) mass is 628 g/mol. The maximum atomic E-state index is 2.66. The molecule has 0 saturated carbocycles. The molecule has 0 unspecified atom stereocenters. The van der Waals surface area contributed by atoms with Crippen molar-refractivity contribution in [3.8, 4) is 11.1 Å². The van der Waals surface area contributed by atoms with E-state index in [-0.39, 0.29) is 24.8 Å². The van der Waals surface area contributed by atoms with Gasteiger partial charge in [0, 0.05) is 0 Å². The molecule has 4 aromatic rings. The Labute approximate surface area is 248 Å². The Morgan fingerprint density at radius 2 is 1.08 bits per heavy atom. The van der Waals surface area contributed by atoms with E-state index in [1.807, 2.05) is 0 Å². The van der Waals surface area contributed by atoms with E-state index < -0.39 is 29.3 Å². The summed E-state index contributed by atoms with van der Waals surface area (Å²) in [5.41, 5.74) is 8.77. The standard InChI is InChI=1S/C13H9.C13H10.C8H13Si.2ClH.Zr/c1-3-7-12-10(5-1)9-11-6-2-4-8-13(11)12;1-3-7-12(8-4-1)11-13-9-5-2-6-10-13;1-9(2,3)8-6-4-5-7-8;;;/h1-9H;1-10H;6-7H,4H2,1-3H3;2*1H;/q;;;;;+2/p-2. The Morgan fingerprint density at radius 1 is 0.632 bits per heavy atom. The molecule has 0 fully saturated rings. The molecule has 2 aliphatic rings. The number of rotatable bonds is 5. The summed E-state index contributed by atoms with van der Waals surface area (Å²) in [6, 6.07) is 40.9. The van der Waals surface area contributed by atoms with Crippen molar-refractivity contribution < 1.29 is 46.1 Å². The first-order chi connectivity index (χ1) is 17.5. The van der Waals surface area contributed by atoms with Crippen LogP contribution in [0.25, 0.3) is 11.1 Å². The first-order valence-corrected chi connectivity index (χ1v) is 20.3. The van der Waals surface area contributed by atoms with Crippen LogP contribution in [0.15, 0.2) is 130 Å². The van der Waals surface area contributed by atoms with Crippen molar-refractivity contribution in [1.29, 1.82) is 0 Å². The zero-order valence-electron chi connectivity index (χ0n) is 22.1. The second kappa shape index (κ2) is 12.0. The van der Waals surface area contributed by atoms with Gasteiger partial charge in [-0.3, -0.25) is 0 Å². The second-order valence-electron chi connectivity index (χ2n) is 10.9. The minimum atomic E-state index is -2.57. The van der Waals surface area contributed by atoms with Crippen molar-refractivity contribution in [2.45, 2.75) is 29.7 Å². The SMILES string of the molecule is C[Si](C)(C)C1=CC[C]([Zr+2](=[C](c2ccccc2)c2ccccc2)[CH]2c3ccccc3-c3ccccc32)=C1.[Cl-].[Cl-]. The van der Waals surface area contributed by atoms with Crippen LogP contribution in [0.4, 0.5) is 0 Å². The summed E-state index contributed by atoms with van der Waals surface area (Å²) in [6.45, 7) is 7.46. The minimum Gasteiger partial charge on any atom is -1.00 e. The average molecular weight is 631 g/mol. The summed E-state index contributed by atoms with van der Waals surface area (Å²) in [4.78, 5) is 0. The Morgan fingerprint density at radius 3 is 1.53 bits per heavy atom. The van der Waals surface area contributed by atoms with E-state index in [4.69, 9.17) is 0 Å². The van der Waals surface area contributed by atoms with Crippen LogP contribution in [0.1, 0.15) is 32.3 Å². The molecule has 4 aromatic carbocycles. The van der Waals surface area contributed by atoms with Gasteiger partial charge in [-0.1, -0.05) is 0 Å².